The average molecular weight is 187 g/mol. The number of aliphatic hydroxyl groups is 2. The zero-order valence-corrected chi connectivity index (χ0v) is 8.45. The van der Waals surface area contributed by atoms with Crippen molar-refractivity contribution >= 4 is 0 Å². The number of aliphatic hydroxyl groups excluding tert-OH is 2. The lowest BCUT2D eigenvalue weighted by Crippen LogP contribution is -2.46. The molecule has 0 aliphatic heterocycles. The minimum Gasteiger partial charge on any atom is -0.395 e. The van der Waals surface area contributed by atoms with Gasteiger partial charge in [0, 0.05) is 12.6 Å². The monoisotopic (exact) mass is 187 g/mol. The first-order valence-corrected chi connectivity index (χ1v) is 5.32. The first kappa shape index (κ1) is 11.0. The van der Waals surface area contributed by atoms with Gasteiger partial charge >= 0.3 is 0 Å². The molecule has 0 heterocycles. The molecule has 0 aromatic rings. The van der Waals surface area contributed by atoms with Crippen molar-refractivity contribution in [1.82, 2.24) is 4.90 Å². The van der Waals surface area contributed by atoms with Gasteiger partial charge in [0.15, 0.2) is 0 Å². The molecule has 1 rings (SSSR count). The normalized spacial score (nSPS) is 29.5. The van der Waals surface area contributed by atoms with Gasteiger partial charge in [-0.05, 0) is 19.4 Å². The van der Waals surface area contributed by atoms with Crippen molar-refractivity contribution in [1.29, 1.82) is 0 Å². The maximum absolute atomic E-state index is 9.77. The zero-order valence-electron chi connectivity index (χ0n) is 8.45. The minimum absolute atomic E-state index is 0.180. The summed E-state index contributed by atoms with van der Waals surface area (Å²) in [6, 6.07) is 0.283. The smallest absolute Gasteiger partial charge is 0.0695 e. The van der Waals surface area contributed by atoms with E-state index in [-0.39, 0.29) is 18.8 Å². The summed E-state index contributed by atoms with van der Waals surface area (Å²) in [6.45, 7) is 3.88. The van der Waals surface area contributed by atoms with E-state index in [1.807, 2.05) is 0 Å². The van der Waals surface area contributed by atoms with Crippen molar-refractivity contribution in [3.05, 3.63) is 0 Å². The fourth-order valence-corrected chi connectivity index (χ4v) is 2.20. The van der Waals surface area contributed by atoms with Gasteiger partial charge in [0.1, 0.15) is 0 Å². The Bertz CT molecular complexity index is 141. The lowest BCUT2D eigenvalue weighted by Gasteiger charge is -2.36. The highest BCUT2D eigenvalue weighted by atomic mass is 16.3. The lowest BCUT2D eigenvalue weighted by atomic mass is 9.91. The molecule has 2 atom stereocenters. The summed E-state index contributed by atoms with van der Waals surface area (Å²) >= 11 is 0. The van der Waals surface area contributed by atoms with Crippen LogP contribution in [-0.2, 0) is 0 Å². The second-order valence-electron chi connectivity index (χ2n) is 3.77. The molecule has 0 spiro atoms. The van der Waals surface area contributed by atoms with E-state index >= 15 is 0 Å². The van der Waals surface area contributed by atoms with Crippen molar-refractivity contribution < 1.29 is 10.2 Å². The number of nitrogens with zero attached hydrogens (tertiary/aromatic N) is 1. The van der Waals surface area contributed by atoms with Gasteiger partial charge < -0.3 is 10.2 Å². The quantitative estimate of drug-likeness (QED) is 0.677. The molecule has 0 bridgehead atoms. The summed E-state index contributed by atoms with van der Waals surface area (Å²) in [4.78, 5) is 2.18. The van der Waals surface area contributed by atoms with Crippen LogP contribution in [-0.4, -0.2) is 47.0 Å². The zero-order chi connectivity index (χ0) is 9.68. The van der Waals surface area contributed by atoms with Gasteiger partial charge in [0.05, 0.1) is 12.7 Å². The maximum Gasteiger partial charge on any atom is 0.0695 e. The highest BCUT2D eigenvalue weighted by Gasteiger charge is 2.27. The lowest BCUT2D eigenvalue weighted by molar-refractivity contribution is 0.0153. The summed E-state index contributed by atoms with van der Waals surface area (Å²) in [6.07, 6.45) is 4.18. The van der Waals surface area contributed by atoms with E-state index in [9.17, 15) is 5.11 Å². The number of hydrogen-bond donors (Lipinski definition) is 2. The van der Waals surface area contributed by atoms with Crippen molar-refractivity contribution in [2.45, 2.75) is 44.8 Å². The molecule has 1 aliphatic carbocycles. The third kappa shape index (κ3) is 2.93. The van der Waals surface area contributed by atoms with Crippen LogP contribution in [0.15, 0.2) is 0 Å². The van der Waals surface area contributed by atoms with Crippen LogP contribution in [0.5, 0.6) is 0 Å². The van der Waals surface area contributed by atoms with Crippen molar-refractivity contribution in [3.8, 4) is 0 Å². The van der Waals surface area contributed by atoms with Gasteiger partial charge in [-0.3, -0.25) is 4.90 Å². The van der Waals surface area contributed by atoms with Crippen LogP contribution in [0.1, 0.15) is 32.6 Å². The van der Waals surface area contributed by atoms with Gasteiger partial charge in [-0.15, -0.1) is 0 Å². The molecular weight excluding hydrogens is 166 g/mol. The summed E-state index contributed by atoms with van der Waals surface area (Å²) in [5, 5.41) is 18.6. The van der Waals surface area contributed by atoms with Crippen LogP contribution in [0, 0.1) is 0 Å². The Morgan fingerprint density at radius 1 is 1.31 bits per heavy atom. The standard InChI is InChI=1S/C10H21NO2/c1-2-11(7-8-12)9-5-3-4-6-10(9)13/h9-10,12-13H,2-8H2,1H3/t9-,10-/m1/s1. The van der Waals surface area contributed by atoms with Crippen LogP contribution in [0.2, 0.25) is 0 Å². The van der Waals surface area contributed by atoms with E-state index in [2.05, 4.69) is 11.8 Å². The van der Waals surface area contributed by atoms with Crippen LogP contribution in [0.4, 0.5) is 0 Å². The van der Waals surface area contributed by atoms with Crippen molar-refractivity contribution in [3.63, 3.8) is 0 Å². The first-order valence-electron chi connectivity index (χ1n) is 5.32. The van der Waals surface area contributed by atoms with E-state index in [0.717, 1.165) is 25.8 Å². The number of rotatable bonds is 4. The van der Waals surface area contributed by atoms with Gasteiger partial charge in [-0.2, -0.15) is 0 Å². The molecule has 0 aromatic heterocycles. The number of likely N-dealkylation sites (N-methyl/N-ethyl adjacent to an activating group) is 1. The van der Waals surface area contributed by atoms with Crippen LogP contribution in [0.25, 0.3) is 0 Å². The Kier molecular flexibility index (Phi) is 4.70. The molecule has 3 nitrogen and oxygen atoms in total. The Balaban J connectivity index is 2.44. The van der Waals surface area contributed by atoms with Crippen LogP contribution < -0.4 is 0 Å². The Morgan fingerprint density at radius 3 is 2.54 bits per heavy atom. The number of hydrogen-bond acceptors (Lipinski definition) is 3. The highest BCUT2D eigenvalue weighted by molar-refractivity contribution is 4.82. The SMILES string of the molecule is CCN(CCO)[C@@H]1CCCC[C@H]1O. The second kappa shape index (κ2) is 5.58. The molecular formula is C10H21NO2. The van der Waals surface area contributed by atoms with Crippen molar-refractivity contribution in [2.75, 3.05) is 19.7 Å². The molecule has 1 aliphatic rings. The van der Waals surface area contributed by atoms with Crippen LogP contribution >= 0.6 is 0 Å². The molecule has 1 saturated carbocycles. The van der Waals surface area contributed by atoms with Gasteiger partial charge in [0.2, 0.25) is 0 Å². The molecule has 13 heavy (non-hydrogen) atoms. The molecule has 1 fully saturated rings. The third-order valence-electron chi connectivity index (χ3n) is 2.96. The van der Waals surface area contributed by atoms with E-state index in [0.29, 0.717) is 6.54 Å². The Morgan fingerprint density at radius 2 is 2.00 bits per heavy atom. The van der Waals surface area contributed by atoms with Gasteiger partial charge in [-0.25, -0.2) is 0 Å². The Hall–Kier alpha value is -0.120. The largest absolute Gasteiger partial charge is 0.395 e. The van der Waals surface area contributed by atoms with Crippen molar-refractivity contribution in [2.24, 2.45) is 0 Å². The van der Waals surface area contributed by atoms with E-state index in [1.165, 1.54) is 6.42 Å². The first-order chi connectivity index (χ1) is 6.29. The third-order valence-corrected chi connectivity index (χ3v) is 2.96. The van der Waals surface area contributed by atoms with Gasteiger partial charge in [0.25, 0.3) is 0 Å². The van der Waals surface area contributed by atoms with E-state index < -0.39 is 0 Å². The van der Waals surface area contributed by atoms with Gasteiger partial charge in [-0.1, -0.05) is 19.8 Å². The molecule has 78 valence electrons. The molecule has 2 N–H and O–H groups in total. The predicted octanol–water partition coefficient (Wildman–Crippen LogP) is 0.604. The molecule has 0 aromatic carbocycles. The molecule has 3 heteroatoms. The van der Waals surface area contributed by atoms with Crippen LogP contribution in [0.3, 0.4) is 0 Å². The summed E-state index contributed by atoms with van der Waals surface area (Å²) in [5.41, 5.74) is 0. The molecule has 0 unspecified atom stereocenters. The van der Waals surface area contributed by atoms with E-state index in [4.69, 9.17) is 5.11 Å². The molecule has 0 saturated heterocycles. The fourth-order valence-electron chi connectivity index (χ4n) is 2.20. The second-order valence-corrected chi connectivity index (χ2v) is 3.77. The minimum atomic E-state index is -0.180. The summed E-state index contributed by atoms with van der Waals surface area (Å²) in [5.74, 6) is 0. The molecule has 0 radical (unpaired) electrons. The highest BCUT2D eigenvalue weighted by Crippen LogP contribution is 2.22. The predicted molar refractivity (Wildman–Crippen MR) is 52.6 cm³/mol. The summed E-state index contributed by atoms with van der Waals surface area (Å²) in [7, 11) is 0. The topological polar surface area (TPSA) is 43.7 Å². The maximum atomic E-state index is 9.77. The Labute approximate surface area is 80.4 Å². The molecule has 0 amide bonds. The summed E-state index contributed by atoms with van der Waals surface area (Å²) < 4.78 is 0. The average Bonchev–Trinajstić information content (AvgIpc) is 2.16. The fraction of sp³-hybridized carbons (Fsp3) is 1.00. The van der Waals surface area contributed by atoms with E-state index in [1.54, 1.807) is 0 Å².